The van der Waals surface area contributed by atoms with E-state index >= 15 is 0 Å². The third-order valence-corrected chi connectivity index (χ3v) is 3.11. The molecule has 0 aliphatic heterocycles. The average molecular weight is 286 g/mol. The number of methoxy groups -OCH3 is 1. The van der Waals surface area contributed by atoms with E-state index in [1.54, 1.807) is 37.3 Å². The summed E-state index contributed by atoms with van der Waals surface area (Å²) in [5.41, 5.74) is 0.656. The summed E-state index contributed by atoms with van der Waals surface area (Å²) < 4.78 is 5.91. The van der Waals surface area contributed by atoms with E-state index < -0.39 is 0 Å². The average Bonchev–Trinajstić information content (AvgIpc) is 2.26. The SMILES string of the molecule is COc1ccc(C(=O)N(C)C(C)C)cc1Br. The van der Waals surface area contributed by atoms with Gasteiger partial charge in [0.25, 0.3) is 5.91 Å². The quantitative estimate of drug-likeness (QED) is 0.855. The first-order valence-electron chi connectivity index (χ1n) is 5.08. The molecule has 1 aromatic rings. The summed E-state index contributed by atoms with van der Waals surface area (Å²) in [6, 6.07) is 5.52. The Morgan fingerprint density at radius 3 is 2.50 bits per heavy atom. The van der Waals surface area contributed by atoms with Crippen molar-refractivity contribution in [3.63, 3.8) is 0 Å². The summed E-state index contributed by atoms with van der Waals surface area (Å²) in [7, 11) is 3.40. The molecular formula is C12H16BrNO2. The maximum absolute atomic E-state index is 12.0. The van der Waals surface area contributed by atoms with Gasteiger partial charge in [-0.25, -0.2) is 0 Å². The first-order chi connectivity index (χ1) is 7.47. The van der Waals surface area contributed by atoms with Crippen LogP contribution in [0.4, 0.5) is 0 Å². The van der Waals surface area contributed by atoms with Gasteiger partial charge >= 0.3 is 0 Å². The highest BCUT2D eigenvalue weighted by atomic mass is 79.9. The van der Waals surface area contributed by atoms with E-state index in [-0.39, 0.29) is 11.9 Å². The largest absolute Gasteiger partial charge is 0.496 e. The van der Waals surface area contributed by atoms with Crippen LogP contribution in [0.15, 0.2) is 22.7 Å². The summed E-state index contributed by atoms with van der Waals surface area (Å²) in [5.74, 6) is 0.738. The van der Waals surface area contributed by atoms with Crippen LogP contribution in [0, 0.1) is 0 Å². The molecule has 88 valence electrons. The van der Waals surface area contributed by atoms with Crippen molar-refractivity contribution in [2.45, 2.75) is 19.9 Å². The van der Waals surface area contributed by atoms with Gasteiger partial charge in [0.1, 0.15) is 5.75 Å². The van der Waals surface area contributed by atoms with E-state index in [9.17, 15) is 4.79 Å². The van der Waals surface area contributed by atoms with Gasteiger partial charge in [-0.05, 0) is 48.0 Å². The van der Waals surface area contributed by atoms with Gasteiger partial charge < -0.3 is 9.64 Å². The van der Waals surface area contributed by atoms with Gasteiger partial charge in [0.05, 0.1) is 11.6 Å². The van der Waals surface area contributed by atoms with Gasteiger partial charge in [-0.15, -0.1) is 0 Å². The van der Waals surface area contributed by atoms with Crippen molar-refractivity contribution in [3.8, 4) is 5.75 Å². The standard InChI is InChI=1S/C12H16BrNO2/c1-8(2)14(3)12(15)9-5-6-11(16-4)10(13)7-9/h5-8H,1-4H3. The van der Waals surface area contributed by atoms with Crippen LogP contribution in [0.5, 0.6) is 5.75 Å². The van der Waals surface area contributed by atoms with E-state index in [1.165, 1.54) is 0 Å². The molecule has 0 saturated carbocycles. The highest BCUT2D eigenvalue weighted by Crippen LogP contribution is 2.26. The van der Waals surface area contributed by atoms with Gasteiger partial charge in [-0.2, -0.15) is 0 Å². The van der Waals surface area contributed by atoms with Gasteiger partial charge in [0.15, 0.2) is 0 Å². The van der Waals surface area contributed by atoms with Crippen molar-refractivity contribution in [2.75, 3.05) is 14.2 Å². The Bertz CT molecular complexity index is 391. The highest BCUT2D eigenvalue weighted by molar-refractivity contribution is 9.10. The van der Waals surface area contributed by atoms with E-state index in [4.69, 9.17) is 4.74 Å². The van der Waals surface area contributed by atoms with Crippen LogP contribution in [0.2, 0.25) is 0 Å². The molecule has 1 amide bonds. The lowest BCUT2D eigenvalue weighted by molar-refractivity contribution is 0.0755. The molecule has 1 aromatic carbocycles. The fourth-order valence-electron chi connectivity index (χ4n) is 1.24. The summed E-state index contributed by atoms with van der Waals surface area (Å²) in [6.07, 6.45) is 0. The number of amides is 1. The number of carbonyl (C=O) groups is 1. The Balaban J connectivity index is 2.97. The minimum Gasteiger partial charge on any atom is -0.496 e. The smallest absolute Gasteiger partial charge is 0.253 e. The molecule has 1 rings (SSSR count). The predicted molar refractivity (Wildman–Crippen MR) is 67.9 cm³/mol. The Labute approximate surface area is 105 Å². The molecule has 0 bridgehead atoms. The van der Waals surface area contributed by atoms with Crippen LogP contribution in [0.25, 0.3) is 0 Å². The maximum atomic E-state index is 12.0. The Hall–Kier alpha value is -1.03. The lowest BCUT2D eigenvalue weighted by Gasteiger charge is -2.21. The number of hydrogen-bond acceptors (Lipinski definition) is 2. The zero-order valence-electron chi connectivity index (χ0n) is 9.95. The van der Waals surface area contributed by atoms with E-state index in [0.717, 1.165) is 10.2 Å². The Kier molecular flexibility index (Phi) is 4.35. The molecule has 0 aliphatic carbocycles. The number of benzene rings is 1. The molecular weight excluding hydrogens is 270 g/mol. The first kappa shape index (κ1) is 13.0. The zero-order valence-corrected chi connectivity index (χ0v) is 11.5. The van der Waals surface area contributed by atoms with Crippen molar-refractivity contribution in [3.05, 3.63) is 28.2 Å². The molecule has 0 aromatic heterocycles. The second-order valence-corrected chi connectivity index (χ2v) is 4.71. The Morgan fingerprint density at radius 1 is 1.44 bits per heavy atom. The molecule has 0 unspecified atom stereocenters. The number of hydrogen-bond donors (Lipinski definition) is 0. The van der Waals surface area contributed by atoms with Crippen LogP contribution in [0.1, 0.15) is 24.2 Å². The molecule has 0 fully saturated rings. The summed E-state index contributed by atoms with van der Waals surface area (Å²) in [6.45, 7) is 3.97. The van der Waals surface area contributed by atoms with Crippen molar-refractivity contribution in [1.82, 2.24) is 4.90 Å². The van der Waals surface area contributed by atoms with Crippen molar-refractivity contribution < 1.29 is 9.53 Å². The minimum atomic E-state index is 0.0124. The van der Waals surface area contributed by atoms with Crippen LogP contribution < -0.4 is 4.74 Å². The van der Waals surface area contributed by atoms with Crippen LogP contribution >= 0.6 is 15.9 Å². The van der Waals surface area contributed by atoms with Crippen molar-refractivity contribution in [1.29, 1.82) is 0 Å². The molecule has 0 radical (unpaired) electrons. The number of ether oxygens (including phenoxy) is 1. The van der Waals surface area contributed by atoms with Crippen molar-refractivity contribution >= 4 is 21.8 Å². The molecule has 0 atom stereocenters. The van der Waals surface area contributed by atoms with E-state index in [1.807, 2.05) is 13.8 Å². The first-order valence-corrected chi connectivity index (χ1v) is 5.87. The Morgan fingerprint density at radius 2 is 2.06 bits per heavy atom. The second-order valence-electron chi connectivity index (χ2n) is 3.86. The van der Waals surface area contributed by atoms with Crippen LogP contribution in [-0.4, -0.2) is 31.0 Å². The van der Waals surface area contributed by atoms with Crippen LogP contribution in [-0.2, 0) is 0 Å². The maximum Gasteiger partial charge on any atom is 0.253 e. The highest BCUT2D eigenvalue weighted by Gasteiger charge is 2.15. The number of halogens is 1. The molecule has 0 heterocycles. The van der Waals surface area contributed by atoms with Crippen LogP contribution in [0.3, 0.4) is 0 Å². The van der Waals surface area contributed by atoms with Gasteiger partial charge in [0.2, 0.25) is 0 Å². The molecule has 0 spiro atoms. The zero-order chi connectivity index (χ0) is 12.3. The third kappa shape index (κ3) is 2.76. The van der Waals surface area contributed by atoms with Gasteiger partial charge in [-0.3, -0.25) is 4.79 Å². The third-order valence-electron chi connectivity index (χ3n) is 2.49. The normalized spacial score (nSPS) is 10.4. The van der Waals surface area contributed by atoms with E-state index in [2.05, 4.69) is 15.9 Å². The predicted octanol–water partition coefficient (Wildman–Crippen LogP) is 2.94. The fourth-order valence-corrected chi connectivity index (χ4v) is 1.78. The topological polar surface area (TPSA) is 29.5 Å². The number of rotatable bonds is 3. The number of nitrogens with zero attached hydrogens (tertiary/aromatic N) is 1. The summed E-state index contributed by atoms with van der Waals surface area (Å²) >= 11 is 3.37. The van der Waals surface area contributed by atoms with Gasteiger partial charge in [0, 0.05) is 18.7 Å². The minimum absolute atomic E-state index is 0.0124. The molecule has 0 saturated heterocycles. The summed E-state index contributed by atoms with van der Waals surface area (Å²) in [4.78, 5) is 13.7. The molecule has 0 N–H and O–H groups in total. The fraction of sp³-hybridized carbons (Fsp3) is 0.417. The molecule has 3 nitrogen and oxygen atoms in total. The van der Waals surface area contributed by atoms with Crippen molar-refractivity contribution in [2.24, 2.45) is 0 Å². The lowest BCUT2D eigenvalue weighted by atomic mass is 10.2. The number of carbonyl (C=O) groups excluding carboxylic acids is 1. The summed E-state index contributed by atoms with van der Waals surface area (Å²) in [5, 5.41) is 0. The second kappa shape index (κ2) is 5.34. The van der Waals surface area contributed by atoms with E-state index in [0.29, 0.717) is 5.56 Å². The monoisotopic (exact) mass is 285 g/mol. The molecule has 4 heteroatoms. The molecule has 16 heavy (non-hydrogen) atoms. The molecule has 0 aliphatic rings. The van der Waals surface area contributed by atoms with Gasteiger partial charge in [-0.1, -0.05) is 0 Å². The lowest BCUT2D eigenvalue weighted by Crippen LogP contribution is -2.32.